The van der Waals surface area contributed by atoms with Crippen molar-refractivity contribution < 1.29 is 22.5 Å². The summed E-state index contributed by atoms with van der Waals surface area (Å²) in [5.74, 6) is -0.935. The van der Waals surface area contributed by atoms with Crippen LogP contribution in [0.5, 0.6) is 0 Å². The lowest BCUT2D eigenvalue weighted by Gasteiger charge is -2.07. The van der Waals surface area contributed by atoms with Crippen LogP contribution in [-0.4, -0.2) is 31.3 Å². The summed E-state index contributed by atoms with van der Waals surface area (Å²) in [4.78, 5) is 10.6. The molecule has 0 radical (unpaired) electrons. The molecule has 0 aromatic carbocycles. The van der Waals surface area contributed by atoms with E-state index in [-0.39, 0.29) is 6.42 Å². The molecular weight excluding hydrogens is 172 g/mol. The smallest absolute Gasteiger partial charge is 0.326 e. The van der Waals surface area contributed by atoms with Crippen LogP contribution >= 0.6 is 0 Å². The summed E-state index contributed by atoms with van der Waals surface area (Å²) in [6, 6.07) is 0. The summed E-state index contributed by atoms with van der Waals surface area (Å²) in [6.07, 6.45) is 0.00546. The molecule has 0 saturated carbocycles. The molecule has 11 heavy (non-hydrogen) atoms. The number of carbonyl (C=O) groups excluding carboxylic acids is 1. The fraction of sp³-hybridized carbons (Fsp3) is 0.800. The minimum atomic E-state index is -4.30. The molecule has 0 aliphatic carbocycles. The van der Waals surface area contributed by atoms with E-state index in [0.29, 0.717) is 0 Å². The molecule has 0 aliphatic heterocycles. The Bertz CT molecular complexity index is 229. The number of hydrogen-bond donors (Lipinski definition) is 1. The molecule has 0 aromatic heterocycles. The van der Waals surface area contributed by atoms with Gasteiger partial charge in [0.1, 0.15) is 0 Å². The van der Waals surface area contributed by atoms with Crippen molar-refractivity contribution in [2.45, 2.75) is 18.6 Å². The first-order chi connectivity index (χ1) is 4.93. The van der Waals surface area contributed by atoms with Gasteiger partial charge in [-0.25, -0.2) is 0 Å². The van der Waals surface area contributed by atoms with E-state index in [2.05, 4.69) is 4.74 Å². The lowest BCUT2D eigenvalue weighted by atomic mass is 10.3. The van der Waals surface area contributed by atoms with Crippen molar-refractivity contribution in [1.29, 1.82) is 0 Å². The molecule has 66 valence electrons. The number of esters is 1. The average molecular weight is 182 g/mol. The van der Waals surface area contributed by atoms with Gasteiger partial charge in [0.15, 0.2) is 5.25 Å². The Morgan fingerprint density at radius 1 is 1.64 bits per heavy atom. The predicted molar refractivity (Wildman–Crippen MR) is 37.6 cm³/mol. The molecular formula is C5H10O5S. The molecule has 0 spiro atoms. The fourth-order valence-electron chi connectivity index (χ4n) is 0.630. The van der Waals surface area contributed by atoms with Gasteiger partial charge in [0.2, 0.25) is 0 Å². The van der Waals surface area contributed by atoms with Crippen LogP contribution in [0.3, 0.4) is 0 Å². The van der Waals surface area contributed by atoms with E-state index < -0.39 is 21.3 Å². The van der Waals surface area contributed by atoms with Crippen LogP contribution in [0, 0.1) is 0 Å². The van der Waals surface area contributed by atoms with E-state index >= 15 is 0 Å². The van der Waals surface area contributed by atoms with Gasteiger partial charge in [0.25, 0.3) is 10.1 Å². The Kier molecular flexibility index (Phi) is 3.47. The summed E-state index contributed by atoms with van der Waals surface area (Å²) in [5, 5.41) is -1.45. The van der Waals surface area contributed by atoms with Crippen molar-refractivity contribution in [3.8, 4) is 0 Å². The molecule has 0 heterocycles. The molecule has 5 nitrogen and oxygen atoms in total. The number of rotatable bonds is 3. The molecule has 0 amide bonds. The summed E-state index contributed by atoms with van der Waals surface area (Å²) >= 11 is 0. The Morgan fingerprint density at radius 3 is 2.18 bits per heavy atom. The Labute approximate surface area is 65.1 Å². The van der Waals surface area contributed by atoms with E-state index in [1.165, 1.54) is 6.92 Å². The lowest BCUT2D eigenvalue weighted by molar-refractivity contribution is -0.140. The third-order valence-corrected chi connectivity index (χ3v) is 2.44. The van der Waals surface area contributed by atoms with Crippen LogP contribution in [0.2, 0.25) is 0 Å². The summed E-state index contributed by atoms with van der Waals surface area (Å²) in [5.41, 5.74) is 0. The molecule has 1 N–H and O–H groups in total. The van der Waals surface area contributed by atoms with Crippen molar-refractivity contribution in [2.24, 2.45) is 0 Å². The standard InChI is InChI=1S/C5H10O5S/c1-3-4(5(6)10-2)11(7,8)9/h4H,3H2,1-2H3,(H,7,8,9). The maximum atomic E-state index is 10.6. The molecule has 6 heteroatoms. The maximum absolute atomic E-state index is 10.6. The van der Waals surface area contributed by atoms with Gasteiger partial charge in [-0.05, 0) is 6.42 Å². The number of carbonyl (C=O) groups is 1. The van der Waals surface area contributed by atoms with Gasteiger partial charge in [-0.15, -0.1) is 0 Å². The third kappa shape index (κ3) is 2.85. The van der Waals surface area contributed by atoms with Crippen LogP contribution < -0.4 is 0 Å². The van der Waals surface area contributed by atoms with Crippen molar-refractivity contribution >= 4 is 16.1 Å². The Hall–Kier alpha value is -0.620. The summed E-state index contributed by atoms with van der Waals surface area (Å²) < 4.78 is 33.4. The van der Waals surface area contributed by atoms with Gasteiger partial charge in [-0.1, -0.05) is 6.92 Å². The number of ether oxygens (including phenoxy) is 1. The van der Waals surface area contributed by atoms with Crippen molar-refractivity contribution in [3.63, 3.8) is 0 Å². The SMILES string of the molecule is CCC(C(=O)OC)S(=O)(=O)O. The van der Waals surface area contributed by atoms with E-state index in [1.807, 2.05) is 0 Å². The highest BCUT2D eigenvalue weighted by atomic mass is 32.2. The molecule has 0 aromatic rings. The van der Waals surface area contributed by atoms with Gasteiger partial charge in [0, 0.05) is 0 Å². The lowest BCUT2D eigenvalue weighted by Crippen LogP contribution is -2.30. The Morgan fingerprint density at radius 2 is 2.09 bits per heavy atom. The highest BCUT2D eigenvalue weighted by Crippen LogP contribution is 2.04. The predicted octanol–water partition coefficient (Wildman–Crippen LogP) is -0.174. The van der Waals surface area contributed by atoms with Crippen molar-refractivity contribution in [2.75, 3.05) is 7.11 Å². The van der Waals surface area contributed by atoms with E-state index in [0.717, 1.165) is 7.11 Å². The highest BCUT2D eigenvalue weighted by molar-refractivity contribution is 7.87. The zero-order valence-electron chi connectivity index (χ0n) is 6.27. The Balaban J connectivity index is 4.56. The first-order valence-corrected chi connectivity index (χ1v) is 4.48. The second-order valence-corrected chi connectivity index (χ2v) is 3.53. The maximum Gasteiger partial charge on any atom is 0.326 e. The second-order valence-electron chi connectivity index (χ2n) is 1.94. The van der Waals surface area contributed by atoms with E-state index in [4.69, 9.17) is 4.55 Å². The molecule has 0 aliphatic rings. The molecule has 0 rings (SSSR count). The first-order valence-electron chi connectivity index (χ1n) is 2.97. The summed E-state index contributed by atoms with van der Waals surface area (Å²) in [7, 11) is -3.24. The molecule has 0 saturated heterocycles. The minimum Gasteiger partial charge on any atom is -0.468 e. The molecule has 1 atom stereocenters. The molecule has 0 bridgehead atoms. The number of methoxy groups -OCH3 is 1. The van der Waals surface area contributed by atoms with Crippen molar-refractivity contribution in [3.05, 3.63) is 0 Å². The van der Waals surface area contributed by atoms with Crippen LogP contribution in [0.15, 0.2) is 0 Å². The quantitative estimate of drug-likeness (QED) is 0.484. The van der Waals surface area contributed by atoms with Crippen LogP contribution in [0.25, 0.3) is 0 Å². The largest absolute Gasteiger partial charge is 0.468 e. The van der Waals surface area contributed by atoms with Gasteiger partial charge in [-0.3, -0.25) is 9.35 Å². The zero-order valence-corrected chi connectivity index (χ0v) is 7.09. The van der Waals surface area contributed by atoms with Gasteiger partial charge in [0.05, 0.1) is 7.11 Å². The van der Waals surface area contributed by atoms with Gasteiger partial charge < -0.3 is 4.74 Å². The highest BCUT2D eigenvalue weighted by Gasteiger charge is 2.29. The van der Waals surface area contributed by atoms with Gasteiger partial charge >= 0.3 is 5.97 Å². The third-order valence-electron chi connectivity index (χ3n) is 1.19. The minimum absolute atomic E-state index is 0.00546. The first kappa shape index (κ1) is 10.4. The molecule has 1 unspecified atom stereocenters. The average Bonchev–Trinajstić information content (AvgIpc) is 1.86. The summed E-state index contributed by atoms with van der Waals surface area (Å²) in [6.45, 7) is 1.47. The van der Waals surface area contributed by atoms with Crippen molar-refractivity contribution in [1.82, 2.24) is 0 Å². The fourth-order valence-corrected chi connectivity index (χ4v) is 1.39. The monoisotopic (exact) mass is 182 g/mol. The van der Waals surface area contributed by atoms with E-state index in [9.17, 15) is 13.2 Å². The number of hydrogen-bond acceptors (Lipinski definition) is 4. The van der Waals surface area contributed by atoms with Crippen LogP contribution in [0.1, 0.15) is 13.3 Å². The van der Waals surface area contributed by atoms with Gasteiger partial charge in [-0.2, -0.15) is 8.42 Å². The zero-order chi connectivity index (χ0) is 9.07. The topological polar surface area (TPSA) is 80.7 Å². The normalized spacial score (nSPS) is 14.1. The molecule has 0 fully saturated rings. The van der Waals surface area contributed by atoms with Crippen LogP contribution in [0.4, 0.5) is 0 Å². The van der Waals surface area contributed by atoms with Crippen LogP contribution in [-0.2, 0) is 19.6 Å². The van der Waals surface area contributed by atoms with E-state index in [1.54, 1.807) is 0 Å². The second kappa shape index (κ2) is 3.68.